The molecule has 8 heteroatoms. The van der Waals surface area contributed by atoms with Crippen molar-refractivity contribution < 1.29 is 22.7 Å². The molecule has 0 spiro atoms. The highest BCUT2D eigenvalue weighted by atomic mass is 19.4. The predicted octanol–water partition coefficient (Wildman–Crippen LogP) is 5.09. The second-order valence-electron chi connectivity index (χ2n) is 6.90. The Morgan fingerprint density at radius 3 is 2.17 bits per heavy atom. The Morgan fingerprint density at radius 2 is 1.62 bits per heavy atom. The van der Waals surface area contributed by atoms with E-state index >= 15 is 0 Å². The highest BCUT2D eigenvalue weighted by molar-refractivity contribution is 5.89. The summed E-state index contributed by atoms with van der Waals surface area (Å²) < 4.78 is 43.6. The third-order valence-electron chi connectivity index (χ3n) is 4.77. The minimum Gasteiger partial charge on any atom is -0.490 e. The number of rotatable bonds is 4. The monoisotopic (exact) mass is 403 g/mol. The average molecular weight is 403 g/mol. The van der Waals surface area contributed by atoms with E-state index in [1.165, 1.54) is 12.1 Å². The molecule has 2 amide bonds. The van der Waals surface area contributed by atoms with Gasteiger partial charge < -0.3 is 15.4 Å². The molecule has 0 aromatic heterocycles. The summed E-state index contributed by atoms with van der Waals surface area (Å²) in [7, 11) is 0. The van der Waals surface area contributed by atoms with Gasteiger partial charge in [0.05, 0.1) is 23.3 Å². The van der Waals surface area contributed by atoms with Crippen LogP contribution < -0.4 is 15.4 Å². The Labute approximate surface area is 166 Å². The number of nitrogens with one attached hydrogen (secondary N) is 2. The van der Waals surface area contributed by atoms with E-state index in [-0.39, 0.29) is 12.1 Å². The van der Waals surface area contributed by atoms with E-state index in [0.29, 0.717) is 17.0 Å². The van der Waals surface area contributed by atoms with Gasteiger partial charge in [0.15, 0.2) is 0 Å². The van der Waals surface area contributed by atoms with Crippen LogP contribution in [0.15, 0.2) is 48.5 Å². The summed E-state index contributed by atoms with van der Waals surface area (Å²) in [4.78, 5) is 12.1. The van der Waals surface area contributed by atoms with Gasteiger partial charge in [0.1, 0.15) is 5.75 Å². The number of nitrogens with zero attached hydrogens (tertiary/aromatic N) is 1. The van der Waals surface area contributed by atoms with E-state index < -0.39 is 17.8 Å². The zero-order valence-electron chi connectivity index (χ0n) is 15.5. The summed E-state index contributed by atoms with van der Waals surface area (Å²) >= 11 is 0. The first-order valence-corrected chi connectivity index (χ1v) is 9.25. The summed E-state index contributed by atoms with van der Waals surface area (Å²) in [5.41, 5.74) is 0.113. The molecule has 0 heterocycles. The molecule has 152 valence electrons. The fourth-order valence-electron chi connectivity index (χ4n) is 3.22. The lowest BCUT2D eigenvalue weighted by molar-refractivity contribution is -0.137. The van der Waals surface area contributed by atoms with Gasteiger partial charge in [-0.25, -0.2) is 4.79 Å². The Morgan fingerprint density at radius 1 is 1.00 bits per heavy atom. The number of halogens is 3. The van der Waals surface area contributed by atoms with Crippen molar-refractivity contribution in [2.45, 2.75) is 44.0 Å². The normalized spacial score (nSPS) is 19.1. The predicted molar refractivity (Wildman–Crippen MR) is 101 cm³/mol. The fraction of sp³-hybridized carbons (Fsp3) is 0.333. The molecule has 0 saturated heterocycles. The van der Waals surface area contributed by atoms with Crippen LogP contribution >= 0.6 is 0 Å². The van der Waals surface area contributed by atoms with Crippen molar-refractivity contribution in [3.63, 3.8) is 0 Å². The molecular weight excluding hydrogens is 383 g/mol. The molecule has 0 atom stereocenters. The van der Waals surface area contributed by atoms with E-state index in [9.17, 15) is 18.0 Å². The van der Waals surface area contributed by atoms with Crippen molar-refractivity contribution in [3.8, 4) is 11.8 Å². The van der Waals surface area contributed by atoms with Crippen LogP contribution in [0.1, 0.15) is 36.8 Å². The maximum Gasteiger partial charge on any atom is 0.416 e. The molecule has 0 aliphatic heterocycles. The maximum atomic E-state index is 12.6. The number of anilines is 1. The number of carbonyl (C=O) groups is 1. The standard InChI is InChI=1S/C21H20F3N3O2/c22-21(23,24)15-3-5-16(6-4-15)26-20(28)27-17-7-11-19(12-8-17)29-18-9-1-14(13-25)2-10-18/h1-6,9-10,17,19H,7-8,11-12H2,(H2,26,27,28)/t17-,19-. The third kappa shape index (κ3) is 5.88. The van der Waals surface area contributed by atoms with Gasteiger partial charge in [-0.15, -0.1) is 0 Å². The quantitative estimate of drug-likeness (QED) is 0.747. The number of benzene rings is 2. The van der Waals surface area contributed by atoms with Crippen molar-refractivity contribution in [2.75, 3.05) is 5.32 Å². The van der Waals surface area contributed by atoms with Crippen molar-refractivity contribution in [1.29, 1.82) is 5.26 Å². The molecule has 2 aromatic rings. The third-order valence-corrected chi connectivity index (χ3v) is 4.77. The molecule has 1 fully saturated rings. The number of nitriles is 1. The lowest BCUT2D eigenvalue weighted by Gasteiger charge is -2.29. The first-order valence-electron chi connectivity index (χ1n) is 9.25. The molecule has 5 nitrogen and oxygen atoms in total. The molecule has 2 aromatic carbocycles. The van der Waals surface area contributed by atoms with Crippen LogP contribution in [0.5, 0.6) is 5.75 Å². The molecule has 0 unspecified atom stereocenters. The van der Waals surface area contributed by atoms with Crippen molar-refractivity contribution in [1.82, 2.24) is 5.32 Å². The number of alkyl halides is 3. The lowest BCUT2D eigenvalue weighted by atomic mass is 9.93. The van der Waals surface area contributed by atoms with Crippen LogP contribution in [0.3, 0.4) is 0 Å². The minimum absolute atomic E-state index is 0.0229. The number of urea groups is 1. The zero-order valence-corrected chi connectivity index (χ0v) is 15.5. The molecule has 0 radical (unpaired) electrons. The molecule has 1 aliphatic carbocycles. The first kappa shape index (κ1) is 20.5. The van der Waals surface area contributed by atoms with Crippen molar-refractivity contribution >= 4 is 11.7 Å². The molecule has 1 aliphatic rings. The second-order valence-corrected chi connectivity index (χ2v) is 6.90. The summed E-state index contributed by atoms with van der Waals surface area (Å²) in [5.74, 6) is 0.709. The number of hydrogen-bond donors (Lipinski definition) is 2. The SMILES string of the molecule is N#Cc1ccc(O[C@H]2CC[C@H](NC(=O)Nc3ccc(C(F)(F)F)cc3)CC2)cc1. The van der Waals surface area contributed by atoms with E-state index in [1.54, 1.807) is 24.3 Å². The molecule has 0 bridgehead atoms. The average Bonchev–Trinajstić information content (AvgIpc) is 2.70. The van der Waals surface area contributed by atoms with Gasteiger partial charge in [-0.3, -0.25) is 0 Å². The van der Waals surface area contributed by atoms with Crippen LogP contribution in [-0.2, 0) is 6.18 Å². The summed E-state index contributed by atoms with van der Waals surface area (Å²) in [6.07, 6.45) is -1.35. The van der Waals surface area contributed by atoms with E-state index in [4.69, 9.17) is 10.00 Å². The zero-order chi connectivity index (χ0) is 20.9. The van der Waals surface area contributed by atoms with Crippen LogP contribution in [0.4, 0.5) is 23.7 Å². The van der Waals surface area contributed by atoms with Gasteiger partial charge in [-0.05, 0) is 74.2 Å². The Hall–Kier alpha value is -3.21. The lowest BCUT2D eigenvalue weighted by Crippen LogP contribution is -2.41. The van der Waals surface area contributed by atoms with Gasteiger partial charge in [0, 0.05) is 11.7 Å². The van der Waals surface area contributed by atoms with Crippen LogP contribution in [0.25, 0.3) is 0 Å². The minimum atomic E-state index is -4.40. The topological polar surface area (TPSA) is 74.1 Å². The van der Waals surface area contributed by atoms with E-state index in [2.05, 4.69) is 16.7 Å². The van der Waals surface area contributed by atoms with Gasteiger partial charge in [0.25, 0.3) is 0 Å². The molecule has 2 N–H and O–H groups in total. The Balaban J connectivity index is 1.43. The van der Waals surface area contributed by atoms with Crippen LogP contribution in [0.2, 0.25) is 0 Å². The summed E-state index contributed by atoms with van der Waals surface area (Å²) in [5, 5.41) is 14.2. The molecule has 29 heavy (non-hydrogen) atoms. The molecule has 1 saturated carbocycles. The largest absolute Gasteiger partial charge is 0.490 e. The van der Waals surface area contributed by atoms with Gasteiger partial charge in [-0.2, -0.15) is 18.4 Å². The number of ether oxygens (including phenoxy) is 1. The van der Waals surface area contributed by atoms with Crippen molar-refractivity contribution in [2.24, 2.45) is 0 Å². The highest BCUT2D eigenvalue weighted by Gasteiger charge is 2.30. The van der Waals surface area contributed by atoms with Crippen LogP contribution in [0, 0.1) is 11.3 Å². The Kier molecular flexibility index (Phi) is 6.27. The smallest absolute Gasteiger partial charge is 0.416 e. The van der Waals surface area contributed by atoms with Gasteiger partial charge in [0.2, 0.25) is 0 Å². The van der Waals surface area contributed by atoms with Crippen molar-refractivity contribution in [3.05, 3.63) is 59.7 Å². The Bertz CT molecular complexity index is 866. The van der Waals surface area contributed by atoms with E-state index in [1.807, 2.05) is 0 Å². The maximum absolute atomic E-state index is 12.6. The summed E-state index contributed by atoms with van der Waals surface area (Å²) in [6, 6.07) is 12.8. The fourth-order valence-corrected chi connectivity index (χ4v) is 3.22. The van der Waals surface area contributed by atoms with Crippen LogP contribution in [-0.4, -0.2) is 18.2 Å². The van der Waals surface area contributed by atoms with Gasteiger partial charge in [-0.1, -0.05) is 0 Å². The van der Waals surface area contributed by atoms with Gasteiger partial charge >= 0.3 is 12.2 Å². The molecular formula is C21H20F3N3O2. The first-order chi connectivity index (χ1) is 13.8. The summed E-state index contributed by atoms with van der Waals surface area (Å²) in [6.45, 7) is 0. The number of carbonyl (C=O) groups excluding carboxylic acids is 1. The number of amides is 2. The molecule has 3 rings (SSSR count). The van der Waals surface area contributed by atoms with E-state index in [0.717, 1.165) is 37.8 Å². The highest BCUT2D eigenvalue weighted by Crippen LogP contribution is 2.30. The number of hydrogen-bond acceptors (Lipinski definition) is 3. The second kappa shape index (κ2) is 8.86.